The van der Waals surface area contributed by atoms with Crippen LogP contribution < -0.4 is 4.74 Å². The van der Waals surface area contributed by atoms with Crippen molar-refractivity contribution >= 4 is 24.3 Å². The number of para-hydroxylation sites is 1. The van der Waals surface area contributed by atoms with Gasteiger partial charge in [-0.25, -0.2) is 8.78 Å². The van der Waals surface area contributed by atoms with Gasteiger partial charge in [0.15, 0.2) is 0 Å². The van der Waals surface area contributed by atoms with E-state index in [0.29, 0.717) is 5.75 Å². The molecule has 0 bridgehead atoms. The molecule has 1 aliphatic rings. The molecule has 0 N–H and O–H groups in total. The first kappa shape index (κ1) is 21.8. The molecule has 154 valence electrons. The van der Waals surface area contributed by atoms with Crippen molar-refractivity contribution in [2.75, 3.05) is 6.61 Å². The topological polar surface area (TPSA) is 27.7 Å². The predicted molar refractivity (Wildman–Crippen MR) is 112 cm³/mol. The quantitative estimate of drug-likeness (QED) is 0.516. The molecule has 7 heteroatoms. The van der Waals surface area contributed by atoms with E-state index >= 15 is 4.39 Å². The van der Waals surface area contributed by atoms with Gasteiger partial charge in [0.1, 0.15) is 17.3 Å². The van der Waals surface area contributed by atoms with Crippen LogP contribution in [0.4, 0.5) is 8.78 Å². The molecule has 1 heterocycles. The summed E-state index contributed by atoms with van der Waals surface area (Å²) in [6.45, 7) is 7.45. The molecular formula is C22H24BClF2O3. The Balaban J connectivity index is 1.93. The van der Waals surface area contributed by atoms with E-state index in [9.17, 15) is 4.39 Å². The number of rotatable bonds is 6. The van der Waals surface area contributed by atoms with E-state index in [4.69, 9.17) is 25.6 Å². The van der Waals surface area contributed by atoms with Crippen LogP contribution in [0.3, 0.4) is 0 Å². The van der Waals surface area contributed by atoms with Gasteiger partial charge in [-0.1, -0.05) is 35.9 Å². The molecule has 2 aromatic carbocycles. The molecule has 2 aromatic rings. The van der Waals surface area contributed by atoms with E-state index in [1.807, 2.05) is 45.9 Å². The third-order valence-electron chi connectivity index (χ3n) is 5.38. The average molecular weight is 421 g/mol. The van der Waals surface area contributed by atoms with Gasteiger partial charge in [0.05, 0.1) is 22.8 Å². The van der Waals surface area contributed by atoms with E-state index in [1.165, 1.54) is 18.2 Å². The van der Waals surface area contributed by atoms with Crippen molar-refractivity contribution in [3.8, 4) is 5.75 Å². The first-order valence-electron chi connectivity index (χ1n) is 9.49. The SMILES string of the molecule is CC1(C)OB(C(F)=C(CCOc2ccccc2)c2c(F)cccc2Cl)OC1(C)C. The number of halogens is 3. The highest BCUT2D eigenvalue weighted by Crippen LogP contribution is 2.41. The van der Waals surface area contributed by atoms with Crippen LogP contribution in [0.2, 0.25) is 5.02 Å². The Bertz CT molecular complexity index is 864. The largest absolute Gasteiger partial charge is 0.525 e. The molecule has 0 aliphatic carbocycles. The van der Waals surface area contributed by atoms with Crippen LogP contribution in [0.25, 0.3) is 5.57 Å². The lowest BCUT2D eigenvalue weighted by atomic mass is 9.81. The van der Waals surface area contributed by atoms with Crippen molar-refractivity contribution in [3.63, 3.8) is 0 Å². The van der Waals surface area contributed by atoms with Gasteiger partial charge in [-0.05, 0) is 57.5 Å². The Morgan fingerprint density at radius 2 is 1.62 bits per heavy atom. The van der Waals surface area contributed by atoms with Crippen molar-refractivity contribution in [1.82, 2.24) is 0 Å². The summed E-state index contributed by atoms with van der Waals surface area (Å²) in [5.74, 6) is 0.0291. The van der Waals surface area contributed by atoms with E-state index in [-0.39, 0.29) is 29.2 Å². The second kappa shape index (κ2) is 8.46. The van der Waals surface area contributed by atoms with E-state index in [0.717, 1.165) is 0 Å². The molecule has 1 aliphatic heterocycles. The smallest absolute Gasteiger partial charge is 0.493 e. The van der Waals surface area contributed by atoms with E-state index in [1.54, 1.807) is 12.1 Å². The van der Waals surface area contributed by atoms with Gasteiger partial charge in [-0.2, -0.15) is 0 Å². The van der Waals surface area contributed by atoms with Gasteiger partial charge >= 0.3 is 7.12 Å². The molecular weight excluding hydrogens is 397 g/mol. The maximum absolute atomic E-state index is 15.6. The number of hydrogen-bond acceptors (Lipinski definition) is 3. The van der Waals surface area contributed by atoms with Crippen LogP contribution >= 0.6 is 11.6 Å². The second-order valence-corrected chi connectivity index (χ2v) is 8.33. The van der Waals surface area contributed by atoms with Crippen molar-refractivity contribution in [3.05, 3.63) is 70.7 Å². The molecule has 0 radical (unpaired) electrons. The highest BCUT2D eigenvalue weighted by molar-refractivity contribution is 6.55. The van der Waals surface area contributed by atoms with E-state index < -0.39 is 29.9 Å². The molecule has 1 saturated heterocycles. The van der Waals surface area contributed by atoms with Crippen LogP contribution in [0, 0.1) is 5.82 Å². The van der Waals surface area contributed by atoms with Crippen LogP contribution in [0.5, 0.6) is 5.75 Å². The summed E-state index contributed by atoms with van der Waals surface area (Å²) in [6, 6.07) is 13.4. The minimum absolute atomic E-state index is 0.00181. The predicted octanol–water partition coefficient (Wildman–Crippen LogP) is 6.26. The van der Waals surface area contributed by atoms with Crippen LogP contribution in [0.1, 0.15) is 39.7 Å². The molecule has 0 unspecified atom stereocenters. The Hall–Kier alpha value is -1.89. The molecule has 0 amide bonds. The lowest BCUT2D eigenvalue weighted by molar-refractivity contribution is 0.00578. The summed E-state index contributed by atoms with van der Waals surface area (Å²) < 4.78 is 47.5. The highest BCUT2D eigenvalue weighted by atomic mass is 35.5. The number of hydrogen-bond donors (Lipinski definition) is 0. The molecule has 0 aromatic heterocycles. The van der Waals surface area contributed by atoms with Gasteiger partial charge in [-0.15, -0.1) is 0 Å². The number of benzene rings is 2. The summed E-state index contributed by atoms with van der Waals surface area (Å²) in [5, 5.41) is 0.117. The molecule has 0 saturated carbocycles. The van der Waals surface area contributed by atoms with Gasteiger partial charge in [0.25, 0.3) is 0 Å². The third-order valence-corrected chi connectivity index (χ3v) is 5.69. The summed E-state index contributed by atoms with van der Waals surface area (Å²) in [6.07, 6.45) is 0.0887. The van der Waals surface area contributed by atoms with Crippen LogP contribution in [-0.2, 0) is 9.31 Å². The fourth-order valence-electron chi connectivity index (χ4n) is 3.03. The highest BCUT2D eigenvalue weighted by Gasteiger charge is 2.53. The van der Waals surface area contributed by atoms with E-state index in [2.05, 4.69) is 0 Å². The lowest BCUT2D eigenvalue weighted by Gasteiger charge is -2.32. The zero-order valence-corrected chi connectivity index (χ0v) is 17.7. The summed E-state index contributed by atoms with van der Waals surface area (Å²) in [4.78, 5) is 0. The maximum Gasteiger partial charge on any atom is 0.525 e. The van der Waals surface area contributed by atoms with Crippen LogP contribution in [0.15, 0.2) is 54.3 Å². The first-order chi connectivity index (χ1) is 13.6. The van der Waals surface area contributed by atoms with Crippen molar-refractivity contribution in [2.45, 2.75) is 45.3 Å². The zero-order valence-electron chi connectivity index (χ0n) is 17.0. The molecule has 29 heavy (non-hydrogen) atoms. The standard InChI is InChI=1S/C22H24BClF2O3/c1-21(2)22(3,4)29-23(28-21)20(26)16(19-17(24)11-8-12-18(19)25)13-14-27-15-9-6-5-7-10-15/h5-12H,13-14H2,1-4H3. The lowest BCUT2D eigenvalue weighted by Crippen LogP contribution is -2.41. The maximum atomic E-state index is 15.6. The second-order valence-electron chi connectivity index (χ2n) is 7.92. The van der Waals surface area contributed by atoms with Crippen molar-refractivity contribution in [1.29, 1.82) is 0 Å². The average Bonchev–Trinajstić information content (AvgIpc) is 2.88. The monoisotopic (exact) mass is 420 g/mol. The van der Waals surface area contributed by atoms with Crippen molar-refractivity contribution in [2.24, 2.45) is 0 Å². The third kappa shape index (κ3) is 4.66. The summed E-state index contributed by atoms with van der Waals surface area (Å²) in [5.41, 5.74) is -2.08. The van der Waals surface area contributed by atoms with Gasteiger partial charge in [0, 0.05) is 12.0 Å². The van der Waals surface area contributed by atoms with Gasteiger partial charge in [0.2, 0.25) is 0 Å². The van der Waals surface area contributed by atoms with Gasteiger partial charge < -0.3 is 14.0 Å². The van der Waals surface area contributed by atoms with Crippen LogP contribution in [-0.4, -0.2) is 24.9 Å². The molecule has 3 rings (SSSR count). The molecule has 0 atom stereocenters. The zero-order chi connectivity index (χ0) is 21.2. The summed E-state index contributed by atoms with van der Waals surface area (Å²) in [7, 11) is -1.25. The first-order valence-corrected chi connectivity index (χ1v) is 9.86. The summed E-state index contributed by atoms with van der Waals surface area (Å²) >= 11 is 6.22. The van der Waals surface area contributed by atoms with Crippen molar-refractivity contribution < 1.29 is 22.8 Å². The Labute approximate surface area is 175 Å². The Kier molecular flexibility index (Phi) is 6.37. The fraction of sp³-hybridized carbons (Fsp3) is 0.364. The molecule has 3 nitrogen and oxygen atoms in total. The molecule has 1 fully saturated rings. The fourth-order valence-corrected chi connectivity index (χ4v) is 3.30. The number of ether oxygens (including phenoxy) is 1. The normalized spacial score (nSPS) is 18.5. The Morgan fingerprint density at radius 1 is 1.00 bits per heavy atom. The van der Waals surface area contributed by atoms with Gasteiger partial charge in [-0.3, -0.25) is 0 Å². The Morgan fingerprint density at radius 3 is 2.21 bits per heavy atom. The minimum atomic E-state index is -1.25. The minimum Gasteiger partial charge on any atom is -0.493 e. The molecule has 0 spiro atoms.